The molecule has 4 saturated carbocycles. The monoisotopic (exact) mass is 223 g/mol. The fourth-order valence-corrected chi connectivity index (χ4v) is 5.13. The predicted octanol–water partition coefficient (Wildman–Crippen LogP) is 1.86. The third kappa shape index (κ3) is 1.21. The quantitative estimate of drug-likeness (QED) is 0.767. The van der Waals surface area contributed by atoms with E-state index in [0.717, 1.165) is 37.5 Å². The van der Waals surface area contributed by atoms with Crippen molar-refractivity contribution in [2.45, 2.75) is 38.5 Å². The molecule has 0 spiro atoms. The standard InChI is InChI=1S/C13H21NO2/c14-2-1-13(12(15)16)10-4-8-3-9(6-10)7-11(13)5-8/h8-11H,1-7,14H2,(H,15,16). The normalized spacial score (nSPS) is 49.6. The molecule has 3 heteroatoms. The van der Waals surface area contributed by atoms with Crippen molar-refractivity contribution in [3.63, 3.8) is 0 Å². The van der Waals surface area contributed by atoms with Crippen molar-refractivity contribution < 1.29 is 9.90 Å². The maximum Gasteiger partial charge on any atom is 0.310 e. The lowest BCUT2D eigenvalue weighted by molar-refractivity contribution is -0.178. The molecule has 0 atom stereocenters. The van der Waals surface area contributed by atoms with E-state index < -0.39 is 11.4 Å². The maximum absolute atomic E-state index is 11.7. The van der Waals surface area contributed by atoms with Gasteiger partial charge in [0.25, 0.3) is 0 Å². The molecule has 4 aliphatic rings. The summed E-state index contributed by atoms with van der Waals surface area (Å²) in [5.74, 6) is 1.93. The number of nitrogens with two attached hydrogens (primary N) is 1. The largest absolute Gasteiger partial charge is 0.481 e. The molecular formula is C13H21NO2. The van der Waals surface area contributed by atoms with Gasteiger partial charge in [-0.05, 0) is 68.7 Å². The minimum absolute atomic E-state index is 0.421. The second-order valence-electron chi connectivity index (χ2n) is 6.19. The zero-order valence-corrected chi connectivity index (χ0v) is 9.69. The Balaban J connectivity index is 1.96. The predicted molar refractivity (Wildman–Crippen MR) is 60.8 cm³/mol. The summed E-state index contributed by atoms with van der Waals surface area (Å²) in [5.41, 5.74) is 5.21. The second-order valence-corrected chi connectivity index (χ2v) is 6.19. The SMILES string of the molecule is NCCC1(C(=O)O)C2CC3CC(C2)CC1C3. The van der Waals surface area contributed by atoms with Crippen LogP contribution in [0.3, 0.4) is 0 Å². The summed E-state index contributed by atoms with van der Waals surface area (Å²) in [6, 6.07) is 0. The van der Waals surface area contributed by atoms with Gasteiger partial charge < -0.3 is 10.8 Å². The smallest absolute Gasteiger partial charge is 0.310 e. The Hall–Kier alpha value is -0.570. The van der Waals surface area contributed by atoms with Gasteiger partial charge in [-0.1, -0.05) is 0 Å². The first-order valence-electron chi connectivity index (χ1n) is 6.60. The molecule has 0 aromatic heterocycles. The van der Waals surface area contributed by atoms with E-state index in [4.69, 9.17) is 5.73 Å². The van der Waals surface area contributed by atoms with Crippen LogP contribution in [-0.4, -0.2) is 17.6 Å². The first-order valence-corrected chi connectivity index (χ1v) is 6.60. The number of carbonyl (C=O) groups is 1. The van der Waals surface area contributed by atoms with E-state index in [-0.39, 0.29) is 0 Å². The Morgan fingerprint density at radius 3 is 2.00 bits per heavy atom. The van der Waals surface area contributed by atoms with Gasteiger partial charge in [0, 0.05) is 0 Å². The van der Waals surface area contributed by atoms with Gasteiger partial charge >= 0.3 is 5.97 Å². The van der Waals surface area contributed by atoms with Gasteiger partial charge in [0.1, 0.15) is 0 Å². The summed E-state index contributed by atoms with van der Waals surface area (Å²) < 4.78 is 0. The van der Waals surface area contributed by atoms with Gasteiger partial charge in [-0.2, -0.15) is 0 Å². The lowest BCUT2D eigenvalue weighted by Gasteiger charge is -2.59. The number of hydrogen-bond acceptors (Lipinski definition) is 2. The molecule has 0 aliphatic heterocycles. The van der Waals surface area contributed by atoms with Crippen LogP contribution >= 0.6 is 0 Å². The molecule has 0 heterocycles. The Labute approximate surface area is 96.4 Å². The molecule has 3 nitrogen and oxygen atoms in total. The maximum atomic E-state index is 11.7. The van der Waals surface area contributed by atoms with E-state index in [1.807, 2.05) is 0 Å². The molecule has 3 N–H and O–H groups in total. The topological polar surface area (TPSA) is 63.3 Å². The number of carboxylic acids is 1. The molecule has 0 unspecified atom stereocenters. The number of rotatable bonds is 3. The highest BCUT2D eigenvalue weighted by Crippen LogP contribution is 2.63. The van der Waals surface area contributed by atoms with Crippen molar-refractivity contribution >= 4 is 5.97 Å². The van der Waals surface area contributed by atoms with Crippen LogP contribution in [-0.2, 0) is 4.79 Å². The van der Waals surface area contributed by atoms with E-state index in [1.54, 1.807) is 0 Å². The van der Waals surface area contributed by atoms with Gasteiger partial charge in [-0.15, -0.1) is 0 Å². The Kier molecular flexibility index (Phi) is 2.29. The number of hydrogen-bond donors (Lipinski definition) is 2. The van der Waals surface area contributed by atoms with Crippen LogP contribution in [0.2, 0.25) is 0 Å². The van der Waals surface area contributed by atoms with E-state index in [2.05, 4.69) is 0 Å². The highest BCUT2D eigenvalue weighted by molar-refractivity contribution is 5.76. The third-order valence-corrected chi connectivity index (χ3v) is 5.55. The van der Waals surface area contributed by atoms with Crippen molar-refractivity contribution in [1.82, 2.24) is 0 Å². The minimum atomic E-state index is -0.563. The minimum Gasteiger partial charge on any atom is -0.481 e. The van der Waals surface area contributed by atoms with Gasteiger partial charge in [0.15, 0.2) is 0 Å². The van der Waals surface area contributed by atoms with E-state index in [9.17, 15) is 9.90 Å². The zero-order chi connectivity index (χ0) is 11.3. The first-order chi connectivity index (χ1) is 7.66. The molecule has 4 bridgehead atoms. The van der Waals surface area contributed by atoms with E-state index in [0.29, 0.717) is 24.8 Å². The Bertz CT molecular complexity index is 285. The van der Waals surface area contributed by atoms with Crippen molar-refractivity contribution in [2.24, 2.45) is 34.8 Å². The lowest BCUT2D eigenvalue weighted by atomic mass is 9.44. The molecular weight excluding hydrogens is 202 g/mol. The number of aliphatic carboxylic acids is 1. The fourth-order valence-electron chi connectivity index (χ4n) is 5.13. The van der Waals surface area contributed by atoms with Gasteiger partial charge in [-0.25, -0.2) is 0 Å². The Morgan fingerprint density at radius 2 is 1.62 bits per heavy atom. The summed E-state index contributed by atoms with van der Waals surface area (Å²) in [5, 5.41) is 9.67. The van der Waals surface area contributed by atoms with Crippen LogP contribution in [0.15, 0.2) is 0 Å². The summed E-state index contributed by atoms with van der Waals surface area (Å²) >= 11 is 0. The van der Waals surface area contributed by atoms with Crippen molar-refractivity contribution in [3.8, 4) is 0 Å². The first kappa shape index (κ1) is 10.6. The molecule has 16 heavy (non-hydrogen) atoms. The van der Waals surface area contributed by atoms with Crippen LogP contribution in [0, 0.1) is 29.1 Å². The lowest BCUT2D eigenvalue weighted by Crippen LogP contribution is -2.57. The highest BCUT2D eigenvalue weighted by atomic mass is 16.4. The summed E-state index contributed by atoms with van der Waals surface area (Å²) in [6.45, 7) is 0.522. The van der Waals surface area contributed by atoms with Gasteiger partial charge in [-0.3, -0.25) is 4.79 Å². The van der Waals surface area contributed by atoms with Crippen LogP contribution in [0.4, 0.5) is 0 Å². The molecule has 4 fully saturated rings. The summed E-state index contributed by atoms with van der Waals surface area (Å²) in [6.07, 6.45) is 6.67. The average Bonchev–Trinajstić information content (AvgIpc) is 2.22. The zero-order valence-electron chi connectivity index (χ0n) is 9.69. The molecule has 0 amide bonds. The van der Waals surface area contributed by atoms with Crippen molar-refractivity contribution in [2.75, 3.05) is 6.54 Å². The molecule has 0 saturated heterocycles. The van der Waals surface area contributed by atoms with Crippen LogP contribution < -0.4 is 5.73 Å². The molecule has 90 valence electrons. The van der Waals surface area contributed by atoms with Gasteiger partial charge in [0.2, 0.25) is 0 Å². The number of carboxylic acid groups (broad SMARTS) is 1. The van der Waals surface area contributed by atoms with Gasteiger partial charge in [0.05, 0.1) is 5.41 Å². The molecule has 0 radical (unpaired) electrons. The molecule has 4 rings (SSSR count). The molecule has 0 aromatic carbocycles. The molecule has 0 aromatic rings. The second kappa shape index (κ2) is 3.46. The third-order valence-electron chi connectivity index (χ3n) is 5.55. The van der Waals surface area contributed by atoms with E-state index in [1.165, 1.54) is 6.42 Å². The molecule has 4 aliphatic carbocycles. The highest BCUT2D eigenvalue weighted by Gasteiger charge is 2.60. The van der Waals surface area contributed by atoms with Crippen LogP contribution in [0.1, 0.15) is 38.5 Å². The van der Waals surface area contributed by atoms with Crippen LogP contribution in [0.25, 0.3) is 0 Å². The Morgan fingerprint density at radius 1 is 1.12 bits per heavy atom. The van der Waals surface area contributed by atoms with E-state index >= 15 is 0 Å². The van der Waals surface area contributed by atoms with Crippen LogP contribution in [0.5, 0.6) is 0 Å². The van der Waals surface area contributed by atoms with Crippen molar-refractivity contribution in [1.29, 1.82) is 0 Å². The summed E-state index contributed by atoms with van der Waals surface area (Å²) in [7, 11) is 0. The summed E-state index contributed by atoms with van der Waals surface area (Å²) in [4.78, 5) is 11.7. The average molecular weight is 223 g/mol. The fraction of sp³-hybridized carbons (Fsp3) is 0.923. The van der Waals surface area contributed by atoms with Crippen molar-refractivity contribution in [3.05, 3.63) is 0 Å².